The molecule has 3 nitrogen and oxygen atoms in total. The highest BCUT2D eigenvalue weighted by Gasteiger charge is 2.22. The van der Waals surface area contributed by atoms with Gasteiger partial charge in [-0.05, 0) is 104 Å². The molecule has 190 valence electrons. The zero-order valence-electron chi connectivity index (χ0n) is 21.2. The molecule has 0 atom stereocenters. The molecule has 0 bridgehead atoms. The number of nitrogens with zero attached hydrogens (tertiary/aromatic N) is 1. The zero-order valence-corrected chi connectivity index (χ0v) is 23.5. The Bertz CT molecular complexity index is 1190. The van der Waals surface area contributed by atoms with Crippen molar-refractivity contribution in [2.24, 2.45) is 5.92 Å². The lowest BCUT2D eigenvalue weighted by molar-refractivity contribution is -0.118. The summed E-state index contributed by atoms with van der Waals surface area (Å²) in [6, 6.07) is 20.9. The molecular formula is C30H34Cl2N2OS. The fourth-order valence-electron chi connectivity index (χ4n) is 4.60. The predicted octanol–water partition coefficient (Wildman–Crippen LogP) is 8.47. The maximum atomic E-state index is 12.1. The van der Waals surface area contributed by atoms with Crippen molar-refractivity contribution in [1.29, 1.82) is 0 Å². The largest absolute Gasteiger partial charge is 0.326 e. The first-order chi connectivity index (χ1) is 17.3. The quantitative estimate of drug-likeness (QED) is 0.311. The molecule has 3 aromatic rings. The number of hydrogen-bond donors (Lipinski definition) is 1. The fraction of sp³-hybridized carbons (Fsp3) is 0.367. The van der Waals surface area contributed by atoms with Crippen LogP contribution in [0.15, 0.2) is 70.5 Å². The monoisotopic (exact) mass is 540 g/mol. The van der Waals surface area contributed by atoms with E-state index in [4.69, 9.17) is 23.2 Å². The summed E-state index contributed by atoms with van der Waals surface area (Å²) in [4.78, 5) is 17.0. The van der Waals surface area contributed by atoms with E-state index in [2.05, 4.69) is 53.5 Å². The molecule has 1 aliphatic heterocycles. The normalized spacial score (nSPS) is 14.8. The Morgan fingerprint density at radius 3 is 2.33 bits per heavy atom. The van der Waals surface area contributed by atoms with E-state index in [1.165, 1.54) is 21.6 Å². The van der Waals surface area contributed by atoms with Gasteiger partial charge in [-0.25, -0.2) is 0 Å². The molecule has 0 aliphatic carbocycles. The van der Waals surface area contributed by atoms with E-state index in [0.717, 1.165) is 49.5 Å². The number of carbonyl (C=O) groups is 1. The van der Waals surface area contributed by atoms with Gasteiger partial charge in [0.1, 0.15) is 0 Å². The molecule has 4 rings (SSSR count). The lowest BCUT2D eigenvalue weighted by Gasteiger charge is -2.33. The van der Waals surface area contributed by atoms with Crippen LogP contribution in [0, 0.1) is 12.8 Å². The third-order valence-corrected chi connectivity index (χ3v) is 8.60. The Kier molecular flexibility index (Phi) is 9.41. The van der Waals surface area contributed by atoms with Crippen molar-refractivity contribution >= 4 is 46.6 Å². The van der Waals surface area contributed by atoms with Gasteiger partial charge in [-0.3, -0.25) is 4.79 Å². The second kappa shape index (κ2) is 12.5. The molecule has 1 heterocycles. The molecular weight excluding hydrogens is 507 g/mol. The second-order valence-corrected chi connectivity index (χ2v) is 11.9. The van der Waals surface area contributed by atoms with Crippen LogP contribution in [0.25, 0.3) is 0 Å². The number of hydrogen-bond acceptors (Lipinski definition) is 3. The van der Waals surface area contributed by atoms with E-state index in [0.29, 0.717) is 16.0 Å². The molecule has 36 heavy (non-hydrogen) atoms. The van der Waals surface area contributed by atoms with Crippen LogP contribution in [0.2, 0.25) is 10.0 Å². The van der Waals surface area contributed by atoms with Crippen molar-refractivity contribution in [3.63, 3.8) is 0 Å². The number of likely N-dealkylation sites (tertiary alicyclic amines) is 1. The maximum Gasteiger partial charge on any atom is 0.226 e. The summed E-state index contributed by atoms with van der Waals surface area (Å²) in [5.74, 6) is 0.603. The lowest BCUT2D eigenvalue weighted by atomic mass is 9.86. The highest BCUT2D eigenvalue weighted by Crippen LogP contribution is 2.34. The number of aryl methyl sites for hydroxylation is 1. The van der Waals surface area contributed by atoms with Crippen LogP contribution in [0.5, 0.6) is 0 Å². The maximum absolute atomic E-state index is 12.1. The summed E-state index contributed by atoms with van der Waals surface area (Å²) in [6.45, 7) is 9.32. The molecule has 1 aliphatic rings. The molecule has 6 heteroatoms. The number of carbonyl (C=O) groups excluding carboxylic acids is 1. The number of rotatable bonds is 8. The van der Waals surface area contributed by atoms with Gasteiger partial charge in [-0.2, -0.15) is 0 Å². The minimum atomic E-state index is -0.0180. The van der Waals surface area contributed by atoms with Gasteiger partial charge in [0.25, 0.3) is 0 Å². The van der Waals surface area contributed by atoms with Gasteiger partial charge in [0, 0.05) is 27.9 Å². The smallest absolute Gasteiger partial charge is 0.226 e. The van der Waals surface area contributed by atoms with Crippen LogP contribution < -0.4 is 5.32 Å². The summed E-state index contributed by atoms with van der Waals surface area (Å²) < 4.78 is 0. The first-order valence-corrected chi connectivity index (χ1v) is 14.2. The van der Waals surface area contributed by atoms with Crippen LogP contribution in [0.4, 0.5) is 5.69 Å². The molecule has 1 fully saturated rings. The first kappa shape index (κ1) is 27.1. The Morgan fingerprint density at radius 2 is 1.67 bits per heavy atom. The molecule has 0 spiro atoms. The van der Waals surface area contributed by atoms with E-state index in [1.54, 1.807) is 11.8 Å². The van der Waals surface area contributed by atoms with Gasteiger partial charge in [-0.1, -0.05) is 67.0 Å². The topological polar surface area (TPSA) is 32.3 Å². The molecule has 0 saturated carbocycles. The molecule has 0 unspecified atom stereocenters. The molecule has 1 saturated heterocycles. The Balaban J connectivity index is 1.26. The second-order valence-electron chi connectivity index (χ2n) is 9.90. The van der Waals surface area contributed by atoms with Crippen molar-refractivity contribution < 1.29 is 4.79 Å². The highest BCUT2D eigenvalue weighted by molar-refractivity contribution is 7.99. The molecule has 1 N–H and O–H groups in total. The summed E-state index contributed by atoms with van der Waals surface area (Å²) in [6.07, 6.45) is 3.36. The fourth-order valence-corrected chi connectivity index (χ4v) is 5.82. The van der Waals surface area contributed by atoms with Gasteiger partial charge in [0.2, 0.25) is 5.91 Å². The van der Waals surface area contributed by atoms with E-state index >= 15 is 0 Å². The lowest BCUT2D eigenvalue weighted by Crippen LogP contribution is -2.34. The third kappa shape index (κ3) is 7.29. The van der Waals surface area contributed by atoms with Crippen molar-refractivity contribution in [1.82, 2.24) is 4.90 Å². The van der Waals surface area contributed by atoms with Gasteiger partial charge < -0.3 is 10.2 Å². The van der Waals surface area contributed by atoms with Crippen LogP contribution in [0.1, 0.15) is 49.3 Å². The number of benzene rings is 3. The van der Waals surface area contributed by atoms with Crippen LogP contribution in [-0.2, 0) is 11.2 Å². The van der Waals surface area contributed by atoms with Gasteiger partial charge >= 0.3 is 0 Å². The molecule has 1 amide bonds. The number of nitrogens with one attached hydrogen (secondary N) is 1. The number of anilines is 1. The van der Waals surface area contributed by atoms with E-state index in [1.807, 2.05) is 38.1 Å². The van der Waals surface area contributed by atoms with Crippen LogP contribution >= 0.6 is 35.0 Å². The third-order valence-electron chi connectivity index (χ3n) is 6.87. The minimum absolute atomic E-state index is 0.0180. The Labute approximate surface area is 229 Å². The van der Waals surface area contributed by atoms with E-state index in [9.17, 15) is 4.79 Å². The van der Waals surface area contributed by atoms with E-state index < -0.39 is 0 Å². The standard InChI is InChI=1S/C30H34Cl2N2OS/c1-20(2)30(35)33-24-7-4-21(3)27(18-24)23-13-16-34(17-14-23)15-12-22-5-8-25(9-6-22)36-26-10-11-28(31)29(32)19-26/h4-11,18-20,23H,12-17H2,1-3H3,(H,33,35). The number of amides is 1. The Hall–Kier alpha value is -1.98. The van der Waals surface area contributed by atoms with Crippen LogP contribution in [0.3, 0.4) is 0 Å². The van der Waals surface area contributed by atoms with Crippen LogP contribution in [-0.4, -0.2) is 30.4 Å². The SMILES string of the molecule is Cc1ccc(NC(=O)C(C)C)cc1C1CCN(CCc2ccc(Sc3ccc(Cl)c(Cl)c3)cc2)CC1. The van der Waals surface area contributed by atoms with Crippen molar-refractivity contribution in [3.8, 4) is 0 Å². The molecule has 0 aromatic heterocycles. The zero-order chi connectivity index (χ0) is 25.7. The van der Waals surface area contributed by atoms with Gasteiger partial charge in [0.05, 0.1) is 10.0 Å². The highest BCUT2D eigenvalue weighted by atomic mass is 35.5. The Morgan fingerprint density at radius 1 is 0.972 bits per heavy atom. The van der Waals surface area contributed by atoms with Gasteiger partial charge in [-0.15, -0.1) is 0 Å². The van der Waals surface area contributed by atoms with Crippen molar-refractivity contribution in [2.45, 2.75) is 55.7 Å². The minimum Gasteiger partial charge on any atom is -0.326 e. The van der Waals surface area contributed by atoms with E-state index in [-0.39, 0.29) is 11.8 Å². The summed E-state index contributed by atoms with van der Waals surface area (Å²) in [7, 11) is 0. The summed E-state index contributed by atoms with van der Waals surface area (Å²) in [5.41, 5.74) is 4.97. The van der Waals surface area contributed by atoms with Crippen molar-refractivity contribution in [2.75, 3.05) is 25.0 Å². The number of piperidine rings is 1. The van der Waals surface area contributed by atoms with Gasteiger partial charge in [0.15, 0.2) is 0 Å². The predicted molar refractivity (Wildman–Crippen MR) is 154 cm³/mol. The average Bonchev–Trinajstić information content (AvgIpc) is 2.87. The average molecular weight is 542 g/mol. The molecule has 0 radical (unpaired) electrons. The van der Waals surface area contributed by atoms with Crippen molar-refractivity contribution in [3.05, 3.63) is 87.4 Å². The molecule has 3 aromatic carbocycles. The summed E-state index contributed by atoms with van der Waals surface area (Å²) >= 11 is 13.9. The number of halogens is 2. The first-order valence-electron chi connectivity index (χ1n) is 12.6. The summed E-state index contributed by atoms with van der Waals surface area (Å²) in [5, 5.41) is 4.22.